The number of rotatable bonds is 3. The molecule has 3 rings (SSSR count). The highest BCUT2D eigenvalue weighted by molar-refractivity contribution is 5.07. The molecule has 1 aromatic heterocycles. The smallest absolute Gasteiger partial charge is 0.0753 e. The summed E-state index contributed by atoms with van der Waals surface area (Å²) in [5.41, 5.74) is 0.462. The summed E-state index contributed by atoms with van der Waals surface area (Å²) in [7, 11) is 0. The highest BCUT2D eigenvalue weighted by Crippen LogP contribution is 2.30. The van der Waals surface area contributed by atoms with Gasteiger partial charge in [0.15, 0.2) is 0 Å². The second kappa shape index (κ2) is 5.86. The van der Waals surface area contributed by atoms with E-state index in [1.54, 1.807) is 0 Å². The van der Waals surface area contributed by atoms with Crippen LogP contribution < -0.4 is 5.32 Å². The molecule has 0 aromatic carbocycles. The molecule has 0 spiro atoms. The van der Waals surface area contributed by atoms with Gasteiger partial charge in [0.05, 0.1) is 17.3 Å². The normalized spacial score (nSPS) is 32.4. The predicted molar refractivity (Wildman–Crippen MR) is 79.7 cm³/mol. The number of hydrogen-bond donors (Lipinski definition) is 2. The lowest BCUT2D eigenvalue weighted by Crippen LogP contribution is -2.50. The molecule has 0 bridgehead atoms. The van der Waals surface area contributed by atoms with Crippen molar-refractivity contribution in [1.29, 1.82) is 0 Å². The topological polar surface area (TPSA) is 50.1 Å². The summed E-state index contributed by atoms with van der Waals surface area (Å²) in [6.07, 6.45) is 10.2. The molecular weight excluding hydrogens is 250 g/mol. The summed E-state index contributed by atoms with van der Waals surface area (Å²) >= 11 is 0. The van der Waals surface area contributed by atoms with Crippen LogP contribution in [-0.4, -0.2) is 33.6 Å². The van der Waals surface area contributed by atoms with Crippen molar-refractivity contribution in [2.45, 2.75) is 63.5 Å². The van der Waals surface area contributed by atoms with Crippen LogP contribution in [0.5, 0.6) is 0 Å². The fraction of sp³-hybridized carbons (Fsp3) is 0.812. The van der Waals surface area contributed by atoms with E-state index in [9.17, 15) is 5.11 Å². The second-order valence-corrected chi connectivity index (χ2v) is 6.71. The van der Waals surface area contributed by atoms with Crippen LogP contribution >= 0.6 is 0 Å². The molecule has 4 nitrogen and oxygen atoms in total. The van der Waals surface area contributed by atoms with E-state index in [0.717, 1.165) is 25.2 Å². The standard InChI is InChI=1S/C16H27N3O/c1-13-12-17-9-8-16(13,20)11-14-7-10-19(18-14)15-5-3-2-4-6-15/h7,10,13,15,17,20H,2-6,8-9,11-12H2,1H3. The Morgan fingerprint density at radius 1 is 1.40 bits per heavy atom. The molecule has 112 valence electrons. The summed E-state index contributed by atoms with van der Waals surface area (Å²) < 4.78 is 2.14. The SMILES string of the molecule is CC1CNCCC1(O)Cc1ccn(C2CCCCC2)n1. The Kier molecular flexibility index (Phi) is 4.13. The monoisotopic (exact) mass is 277 g/mol. The predicted octanol–water partition coefficient (Wildman–Crippen LogP) is 2.29. The Labute approximate surface area is 121 Å². The van der Waals surface area contributed by atoms with E-state index in [4.69, 9.17) is 5.10 Å². The molecule has 1 aliphatic carbocycles. The molecule has 0 amide bonds. The van der Waals surface area contributed by atoms with Crippen molar-refractivity contribution in [3.05, 3.63) is 18.0 Å². The van der Waals surface area contributed by atoms with Gasteiger partial charge >= 0.3 is 0 Å². The molecule has 1 saturated heterocycles. The summed E-state index contributed by atoms with van der Waals surface area (Å²) in [4.78, 5) is 0. The van der Waals surface area contributed by atoms with Crippen molar-refractivity contribution in [2.75, 3.05) is 13.1 Å². The fourth-order valence-corrected chi connectivity index (χ4v) is 3.66. The molecule has 4 heteroatoms. The number of nitrogens with one attached hydrogen (secondary N) is 1. The van der Waals surface area contributed by atoms with E-state index < -0.39 is 5.60 Å². The Morgan fingerprint density at radius 3 is 2.95 bits per heavy atom. The minimum Gasteiger partial charge on any atom is -0.389 e. The minimum absolute atomic E-state index is 0.288. The first-order valence-electron chi connectivity index (χ1n) is 8.14. The first-order valence-corrected chi connectivity index (χ1v) is 8.14. The van der Waals surface area contributed by atoms with Crippen molar-refractivity contribution in [1.82, 2.24) is 15.1 Å². The molecule has 2 heterocycles. The molecule has 2 N–H and O–H groups in total. The molecular formula is C16H27N3O. The Morgan fingerprint density at radius 2 is 2.20 bits per heavy atom. The zero-order chi connectivity index (χ0) is 14.0. The van der Waals surface area contributed by atoms with Crippen LogP contribution in [0.1, 0.15) is 57.2 Å². The maximum absolute atomic E-state index is 10.8. The van der Waals surface area contributed by atoms with Crippen LogP contribution in [0, 0.1) is 5.92 Å². The van der Waals surface area contributed by atoms with Crippen LogP contribution in [0.4, 0.5) is 0 Å². The van der Waals surface area contributed by atoms with E-state index in [1.807, 2.05) is 0 Å². The molecule has 2 atom stereocenters. The lowest BCUT2D eigenvalue weighted by atomic mass is 9.79. The van der Waals surface area contributed by atoms with E-state index in [2.05, 4.69) is 29.2 Å². The van der Waals surface area contributed by atoms with E-state index >= 15 is 0 Å². The van der Waals surface area contributed by atoms with Gasteiger partial charge in [-0.2, -0.15) is 5.10 Å². The van der Waals surface area contributed by atoms with Crippen LogP contribution in [0.25, 0.3) is 0 Å². The van der Waals surface area contributed by atoms with Crippen molar-refractivity contribution in [3.63, 3.8) is 0 Å². The lowest BCUT2D eigenvalue weighted by molar-refractivity contribution is -0.0338. The Balaban J connectivity index is 1.67. The average Bonchev–Trinajstić information content (AvgIpc) is 2.92. The van der Waals surface area contributed by atoms with Gasteiger partial charge in [0.1, 0.15) is 0 Å². The van der Waals surface area contributed by atoms with Crippen LogP contribution in [-0.2, 0) is 6.42 Å². The molecule has 0 radical (unpaired) electrons. The number of nitrogens with zero attached hydrogens (tertiary/aromatic N) is 2. The highest BCUT2D eigenvalue weighted by Gasteiger charge is 2.36. The van der Waals surface area contributed by atoms with Gasteiger partial charge in [0.25, 0.3) is 0 Å². The number of piperidine rings is 1. The molecule has 2 unspecified atom stereocenters. The zero-order valence-corrected chi connectivity index (χ0v) is 12.5. The summed E-state index contributed by atoms with van der Waals surface area (Å²) in [6.45, 7) is 3.94. The Bertz CT molecular complexity index is 439. The van der Waals surface area contributed by atoms with Gasteiger partial charge in [-0.3, -0.25) is 4.68 Å². The maximum atomic E-state index is 10.8. The first kappa shape index (κ1) is 14.1. The van der Waals surface area contributed by atoms with Crippen LogP contribution in [0.2, 0.25) is 0 Å². The van der Waals surface area contributed by atoms with Crippen molar-refractivity contribution >= 4 is 0 Å². The van der Waals surface area contributed by atoms with Crippen molar-refractivity contribution in [2.24, 2.45) is 5.92 Å². The summed E-state index contributed by atoms with van der Waals surface area (Å²) in [6, 6.07) is 2.68. The first-order chi connectivity index (χ1) is 9.67. The molecule has 1 saturated carbocycles. The molecule has 1 aromatic rings. The van der Waals surface area contributed by atoms with Gasteiger partial charge in [0.2, 0.25) is 0 Å². The van der Waals surface area contributed by atoms with E-state index in [1.165, 1.54) is 32.1 Å². The number of aromatic nitrogens is 2. The molecule has 20 heavy (non-hydrogen) atoms. The number of hydrogen-bond acceptors (Lipinski definition) is 3. The molecule has 2 aliphatic rings. The van der Waals surface area contributed by atoms with Crippen LogP contribution in [0.3, 0.4) is 0 Å². The lowest BCUT2D eigenvalue weighted by Gasteiger charge is -2.38. The van der Waals surface area contributed by atoms with E-state index in [0.29, 0.717) is 12.5 Å². The van der Waals surface area contributed by atoms with Crippen LogP contribution in [0.15, 0.2) is 12.3 Å². The van der Waals surface area contributed by atoms with Crippen molar-refractivity contribution in [3.8, 4) is 0 Å². The minimum atomic E-state index is -0.586. The maximum Gasteiger partial charge on any atom is 0.0753 e. The third-order valence-corrected chi connectivity index (χ3v) is 5.20. The zero-order valence-electron chi connectivity index (χ0n) is 12.5. The molecule has 1 aliphatic heterocycles. The van der Waals surface area contributed by atoms with Gasteiger partial charge in [0, 0.05) is 19.2 Å². The average molecular weight is 277 g/mol. The molecule has 2 fully saturated rings. The Hall–Kier alpha value is -0.870. The third-order valence-electron chi connectivity index (χ3n) is 5.20. The summed E-state index contributed by atoms with van der Waals surface area (Å²) in [5.74, 6) is 0.288. The van der Waals surface area contributed by atoms with Gasteiger partial charge in [-0.05, 0) is 37.8 Å². The number of aliphatic hydroxyl groups is 1. The van der Waals surface area contributed by atoms with Crippen molar-refractivity contribution < 1.29 is 5.11 Å². The van der Waals surface area contributed by atoms with Gasteiger partial charge in [-0.25, -0.2) is 0 Å². The van der Waals surface area contributed by atoms with Gasteiger partial charge in [-0.15, -0.1) is 0 Å². The van der Waals surface area contributed by atoms with E-state index in [-0.39, 0.29) is 5.92 Å². The quantitative estimate of drug-likeness (QED) is 0.891. The largest absolute Gasteiger partial charge is 0.389 e. The fourth-order valence-electron chi connectivity index (χ4n) is 3.66. The highest BCUT2D eigenvalue weighted by atomic mass is 16.3. The van der Waals surface area contributed by atoms with Gasteiger partial charge in [-0.1, -0.05) is 26.2 Å². The van der Waals surface area contributed by atoms with Gasteiger partial charge < -0.3 is 10.4 Å². The second-order valence-electron chi connectivity index (χ2n) is 6.71. The third kappa shape index (κ3) is 2.91. The summed E-state index contributed by atoms with van der Waals surface area (Å²) in [5, 5.41) is 18.9.